The van der Waals surface area contributed by atoms with Crippen LogP contribution in [-0.2, 0) is 10.8 Å². The van der Waals surface area contributed by atoms with Gasteiger partial charge in [-0.25, -0.2) is 9.97 Å². The highest BCUT2D eigenvalue weighted by atomic mass is 79.9. The summed E-state index contributed by atoms with van der Waals surface area (Å²) in [5.74, 6) is 1.82. The SMILES string of the molecule is OC1CCC2(CC1)CNc1ncc(Br)c(Cl)c12.OC1CCC2(CC1)CNc1ncc(Br)c(Cl)c12. The van der Waals surface area contributed by atoms with E-state index < -0.39 is 0 Å². The van der Waals surface area contributed by atoms with Crippen LogP contribution in [0.1, 0.15) is 62.5 Å². The van der Waals surface area contributed by atoms with E-state index in [1.807, 2.05) is 0 Å². The largest absolute Gasteiger partial charge is 0.393 e. The fourth-order valence-electron chi connectivity index (χ4n) is 6.01. The van der Waals surface area contributed by atoms with Crippen LogP contribution in [0.4, 0.5) is 11.6 Å². The van der Waals surface area contributed by atoms with Gasteiger partial charge in [0, 0.05) is 47.4 Å². The Balaban J connectivity index is 0.000000142. The summed E-state index contributed by atoms with van der Waals surface area (Å²) in [6.07, 6.45) is 10.5. The first-order valence-electron chi connectivity index (χ1n) is 11.8. The molecule has 2 aromatic rings. The maximum Gasteiger partial charge on any atom is 0.131 e. The van der Waals surface area contributed by atoms with Crippen molar-refractivity contribution in [2.24, 2.45) is 0 Å². The Bertz CT molecular complexity index is 1000. The zero-order chi connectivity index (χ0) is 24.1. The molecule has 2 aliphatic heterocycles. The van der Waals surface area contributed by atoms with Crippen LogP contribution in [0.15, 0.2) is 21.3 Å². The fourth-order valence-corrected chi connectivity index (χ4v) is 7.29. The zero-order valence-corrected chi connectivity index (χ0v) is 23.4. The van der Waals surface area contributed by atoms with Crippen molar-refractivity contribution in [1.82, 2.24) is 9.97 Å². The minimum Gasteiger partial charge on any atom is -0.393 e. The lowest BCUT2D eigenvalue weighted by Crippen LogP contribution is -2.35. The Labute approximate surface area is 226 Å². The quantitative estimate of drug-likeness (QED) is 0.276. The number of fused-ring (bicyclic) bond motifs is 4. The molecule has 2 aromatic heterocycles. The standard InChI is InChI=1S/2C12H14BrClN2O/c2*13-8-5-15-11-9(10(8)14)12(6-16-11)3-1-7(17)2-4-12/h2*5,7,17H,1-4,6H2,(H,15,16). The molecule has 0 saturated heterocycles. The van der Waals surface area contributed by atoms with Gasteiger partial charge >= 0.3 is 0 Å². The van der Waals surface area contributed by atoms with Crippen LogP contribution in [0.2, 0.25) is 10.0 Å². The van der Waals surface area contributed by atoms with Gasteiger partial charge in [-0.05, 0) is 83.2 Å². The number of halogens is 4. The fraction of sp³-hybridized carbons (Fsp3) is 0.583. The number of anilines is 2. The van der Waals surface area contributed by atoms with Crippen LogP contribution in [0.5, 0.6) is 0 Å². The zero-order valence-electron chi connectivity index (χ0n) is 18.7. The number of hydrogen-bond donors (Lipinski definition) is 4. The Morgan fingerprint density at radius 1 is 0.735 bits per heavy atom. The molecule has 34 heavy (non-hydrogen) atoms. The molecule has 0 radical (unpaired) electrons. The van der Waals surface area contributed by atoms with Crippen LogP contribution < -0.4 is 10.6 Å². The highest BCUT2D eigenvalue weighted by Crippen LogP contribution is 2.51. The van der Waals surface area contributed by atoms with Crippen molar-refractivity contribution in [1.29, 1.82) is 0 Å². The average molecular weight is 635 g/mol. The summed E-state index contributed by atoms with van der Waals surface area (Å²) in [7, 11) is 0. The molecule has 0 unspecified atom stereocenters. The molecule has 2 fully saturated rings. The van der Waals surface area contributed by atoms with Gasteiger partial charge < -0.3 is 20.8 Å². The minimum absolute atomic E-state index is 0.0719. The topological polar surface area (TPSA) is 90.3 Å². The Hall–Kier alpha value is -0.640. The third-order valence-corrected chi connectivity index (χ3v) is 10.5. The van der Waals surface area contributed by atoms with Crippen molar-refractivity contribution in [3.63, 3.8) is 0 Å². The van der Waals surface area contributed by atoms with Crippen molar-refractivity contribution in [3.8, 4) is 0 Å². The van der Waals surface area contributed by atoms with E-state index in [9.17, 15) is 10.2 Å². The molecule has 0 aromatic carbocycles. The molecule has 4 N–H and O–H groups in total. The summed E-state index contributed by atoms with van der Waals surface area (Å²) >= 11 is 19.7. The third kappa shape index (κ3) is 4.37. The van der Waals surface area contributed by atoms with Gasteiger partial charge in [-0.15, -0.1) is 0 Å². The first kappa shape index (κ1) is 25.0. The van der Waals surface area contributed by atoms with Crippen LogP contribution >= 0.6 is 55.1 Å². The molecule has 10 heteroatoms. The lowest BCUT2D eigenvalue weighted by Gasteiger charge is -2.35. The van der Waals surface area contributed by atoms with E-state index in [0.717, 1.165) is 106 Å². The monoisotopic (exact) mass is 632 g/mol. The molecule has 2 aliphatic carbocycles. The van der Waals surface area contributed by atoms with Crippen molar-refractivity contribution >= 4 is 66.7 Å². The summed E-state index contributed by atoms with van der Waals surface area (Å²) in [6, 6.07) is 0. The van der Waals surface area contributed by atoms with Crippen molar-refractivity contribution in [3.05, 3.63) is 42.5 Å². The van der Waals surface area contributed by atoms with E-state index in [4.69, 9.17) is 23.2 Å². The van der Waals surface area contributed by atoms with E-state index >= 15 is 0 Å². The Morgan fingerprint density at radius 2 is 1.09 bits per heavy atom. The molecule has 0 bridgehead atoms. The number of pyridine rings is 2. The molecule has 6 rings (SSSR count). The molecule has 2 saturated carbocycles. The highest BCUT2D eigenvalue weighted by Gasteiger charge is 2.45. The molecule has 184 valence electrons. The van der Waals surface area contributed by atoms with E-state index in [1.165, 1.54) is 0 Å². The van der Waals surface area contributed by atoms with Gasteiger partial charge in [-0.3, -0.25) is 0 Å². The molecule has 0 amide bonds. The van der Waals surface area contributed by atoms with Crippen LogP contribution in [0.25, 0.3) is 0 Å². The second kappa shape index (κ2) is 9.67. The van der Waals surface area contributed by atoms with Crippen LogP contribution in [-0.4, -0.2) is 45.5 Å². The predicted molar refractivity (Wildman–Crippen MR) is 143 cm³/mol. The van der Waals surface area contributed by atoms with Gasteiger partial charge in [-0.1, -0.05) is 23.2 Å². The van der Waals surface area contributed by atoms with Crippen LogP contribution in [0, 0.1) is 0 Å². The maximum absolute atomic E-state index is 9.65. The first-order valence-corrected chi connectivity index (χ1v) is 14.1. The predicted octanol–water partition coefficient (Wildman–Crippen LogP) is 6.19. The van der Waals surface area contributed by atoms with Gasteiger partial charge in [0.15, 0.2) is 0 Å². The number of nitrogens with zero attached hydrogens (tertiary/aromatic N) is 2. The summed E-state index contributed by atoms with van der Waals surface area (Å²) in [5, 5.41) is 27.5. The normalized spacial score (nSPS) is 31.4. The average Bonchev–Trinajstić information content (AvgIpc) is 3.38. The summed E-state index contributed by atoms with van der Waals surface area (Å²) < 4.78 is 1.71. The molecule has 4 heterocycles. The minimum atomic E-state index is -0.149. The summed E-state index contributed by atoms with van der Waals surface area (Å²) in [5.41, 5.74) is 2.42. The highest BCUT2D eigenvalue weighted by molar-refractivity contribution is 9.10. The molecule has 0 atom stereocenters. The van der Waals surface area contributed by atoms with E-state index in [-0.39, 0.29) is 23.0 Å². The number of nitrogens with one attached hydrogen (secondary N) is 2. The van der Waals surface area contributed by atoms with E-state index in [2.05, 4.69) is 52.5 Å². The summed E-state index contributed by atoms with van der Waals surface area (Å²) in [6.45, 7) is 1.77. The van der Waals surface area contributed by atoms with E-state index in [1.54, 1.807) is 12.4 Å². The van der Waals surface area contributed by atoms with Crippen LogP contribution in [0.3, 0.4) is 0 Å². The van der Waals surface area contributed by atoms with Gasteiger partial charge in [-0.2, -0.15) is 0 Å². The van der Waals surface area contributed by atoms with Gasteiger partial charge in [0.1, 0.15) is 11.6 Å². The second-order valence-electron chi connectivity index (χ2n) is 10.0. The lowest BCUT2D eigenvalue weighted by atomic mass is 9.70. The molecule has 2 spiro atoms. The van der Waals surface area contributed by atoms with Gasteiger partial charge in [0.25, 0.3) is 0 Å². The second-order valence-corrected chi connectivity index (χ2v) is 12.5. The first-order chi connectivity index (χ1) is 16.2. The van der Waals surface area contributed by atoms with Gasteiger partial charge in [0.2, 0.25) is 0 Å². The lowest BCUT2D eigenvalue weighted by molar-refractivity contribution is 0.100. The van der Waals surface area contributed by atoms with Crippen molar-refractivity contribution < 1.29 is 10.2 Å². The molecular formula is C24H28Br2Cl2N4O2. The third-order valence-electron chi connectivity index (χ3n) is 8.02. The number of aliphatic hydroxyl groups excluding tert-OH is 2. The number of hydrogen-bond acceptors (Lipinski definition) is 6. The Kier molecular flexibility index (Phi) is 7.12. The van der Waals surface area contributed by atoms with E-state index in [0.29, 0.717) is 0 Å². The van der Waals surface area contributed by atoms with Gasteiger partial charge in [0.05, 0.1) is 31.2 Å². The molecular weight excluding hydrogens is 607 g/mol. The van der Waals surface area contributed by atoms with Crippen molar-refractivity contribution in [2.45, 2.75) is 74.4 Å². The molecule has 6 nitrogen and oxygen atoms in total. The smallest absolute Gasteiger partial charge is 0.131 e. The summed E-state index contributed by atoms with van der Waals surface area (Å²) in [4.78, 5) is 8.77. The number of rotatable bonds is 0. The van der Waals surface area contributed by atoms with Crippen molar-refractivity contribution in [2.75, 3.05) is 23.7 Å². The Morgan fingerprint density at radius 3 is 1.44 bits per heavy atom. The number of aliphatic hydroxyl groups is 2. The maximum atomic E-state index is 9.65. The number of aromatic nitrogens is 2. The molecule has 4 aliphatic rings.